The lowest BCUT2D eigenvalue weighted by Gasteiger charge is -2.23. The van der Waals surface area contributed by atoms with Gasteiger partial charge in [-0.1, -0.05) is 36.4 Å². The Balaban J connectivity index is 1.94. The van der Waals surface area contributed by atoms with Crippen LogP contribution in [0.15, 0.2) is 77.7 Å². The van der Waals surface area contributed by atoms with E-state index in [1.165, 1.54) is 49.7 Å². The molecule has 0 aromatic heterocycles. The zero-order valence-electron chi connectivity index (χ0n) is 19.6. The lowest BCUT2D eigenvalue weighted by Crippen LogP contribution is -2.30. The number of hydrogen-bond donors (Lipinski definition) is 0. The minimum absolute atomic E-state index is 0.0248. The molecule has 0 fully saturated rings. The monoisotopic (exact) mass is 495 g/mol. The van der Waals surface area contributed by atoms with Crippen molar-refractivity contribution in [3.8, 4) is 0 Å². The number of nitrogens with zero attached hydrogens (tertiary/aromatic N) is 1. The van der Waals surface area contributed by atoms with Crippen LogP contribution in [0.1, 0.15) is 49.1 Å². The number of benzene rings is 3. The van der Waals surface area contributed by atoms with Crippen molar-refractivity contribution in [1.82, 2.24) is 4.31 Å². The summed E-state index contributed by atoms with van der Waals surface area (Å²) in [6.45, 7) is 1.46. The summed E-state index contributed by atoms with van der Waals surface area (Å²) in [6, 6.07) is 18.7. The second-order valence-electron chi connectivity index (χ2n) is 7.73. The van der Waals surface area contributed by atoms with Gasteiger partial charge in [-0.25, -0.2) is 18.0 Å². The fourth-order valence-electron chi connectivity index (χ4n) is 3.37. The van der Waals surface area contributed by atoms with E-state index in [0.29, 0.717) is 27.8 Å². The van der Waals surface area contributed by atoms with Gasteiger partial charge in [-0.05, 0) is 54.4 Å². The first-order chi connectivity index (χ1) is 16.6. The molecule has 0 heterocycles. The molecule has 0 unspecified atom stereocenters. The van der Waals surface area contributed by atoms with Gasteiger partial charge < -0.3 is 9.47 Å². The van der Waals surface area contributed by atoms with Crippen molar-refractivity contribution in [3.63, 3.8) is 0 Å². The molecule has 0 atom stereocenters. The number of carbonyl (C=O) groups excluding carboxylic acids is 3. The van der Waals surface area contributed by atoms with Gasteiger partial charge in [0.25, 0.3) is 0 Å². The van der Waals surface area contributed by atoms with Gasteiger partial charge in [0.1, 0.15) is 0 Å². The summed E-state index contributed by atoms with van der Waals surface area (Å²) in [4.78, 5) is 35.1. The zero-order chi connectivity index (χ0) is 25.6. The average molecular weight is 496 g/mol. The molecule has 0 saturated heterocycles. The van der Waals surface area contributed by atoms with Crippen LogP contribution in [-0.4, -0.2) is 44.7 Å². The van der Waals surface area contributed by atoms with Crippen molar-refractivity contribution in [2.24, 2.45) is 0 Å². The molecule has 3 aromatic carbocycles. The van der Waals surface area contributed by atoms with Crippen molar-refractivity contribution in [2.45, 2.75) is 24.9 Å². The van der Waals surface area contributed by atoms with Crippen molar-refractivity contribution in [3.05, 3.63) is 101 Å². The fraction of sp³-hybridized carbons (Fsp3) is 0.192. The van der Waals surface area contributed by atoms with Gasteiger partial charge in [0, 0.05) is 18.7 Å². The van der Waals surface area contributed by atoms with Crippen LogP contribution < -0.4 is 0 Å². The molecular formula is C26H25NO7S. The molecule has 8 nitrogen and oxygen atoms in total. The summed E-state index contributed by atoms with van der Waals surface area (Å²) >= 11 is 0. The molecule has 0 bridgehead atoms. The highest BCUT2D eigenvalue weighted by molar-refractivity contribution is 7.89. The van der Waals surface area contributed by atoms with E-state index in [-0.39, 0.29) is 23.8 Å². The van der Waals surface area contributed by atoms with E-state index in [1.54, 1.807) is 48.5 Å². The van der Waals surface area contributed by atoms with Crippen LogP contribution in [0.25, 0.3) is 0 Å². The molecule has 9 heteroatoms. The van der Waals surface area contributed by atoms with Gasteiger partial charge >= 0.3 is 11.9 Å². The van der Waals surface area contributed by atoms with Crippen LogP contribution in [-0.2, 0) is 32.6 Å². The minimum Gasteiger partial charge on any atom is -0.465 e. The maximum atomic E-state index is 13.6. The van der Waals surface area contributed by atoms with Gasteiger partial charge in [0.05, 0.1) is 30.2 Å². The maximum absolute atomic E-state index is 13.6. The Morgan fingerprint density at radius 3 is 1.37 bits per heavy atom. The Morgan fingerprint density at radius 2 is 1.03 bits per heavy atom. The van der Waals surface area contributed by atoms with Gasteiger partial charge in [-0.3, -0.25) is 4.79 Å². The molecule has 0 aliphatic rings. The minimum atomic E-state index is -3.96. The van der Waals surface area contributed by atoms with E-state index < -0.39 is 22.0 Å². The number of hydrogen-bond acceptors (Lipinski definition) is 7. The van der Waals surface area contributed by atoms with Gasteiger partial charge in [-0.15, -0.1) is 0 Å². The van der Waals surface area contributed by atoms with Crippen LogP contribution in [0.2, 0.25) is 0 Å². The SMILES string of the molecule is COC(=O)c1ccc(CN(Cc2ccc(C(=O)OC)cc2)S(=O)(=O)c2ccc(C(C)=O)cc2)cc1. The van der Waals surface area contributed by atoms with Gasteiger partial charge in [0.2, 0.25) is 10.0 Å². The van der Waals surface area contributed by atoms with Gasteiger partial charge in [0.15, 0.2) is 5.78 Å². The molecular weight excluding hydrogens is 470 g/mol. The summed E-state index contributed by atoms with van der Waals surface area (Å²) in [5, 5.41) is 0. The van der Waals surface area contributed by atoms with E-state index in [0.717, 1.165) is 0 Å². The lowest BCUT2D eigenvalue weighted by molar-refractivity contribution is 0.0592. The Labute approximate surface area is 204 Å². The molecule has 0 spiro atoms. The van der Waals surface area contributed by atoms with Crippen molar-refractivity contribution in [2.75, 3.05) is 14.2 Å². The standard InChI is InChI=1S/C26H25NO7S/c1-18(28)21-12-14-24(15-13-21)35(31,32)27(16-19-4-8-22(9-5-19)25(29)33-2)17-20-6-10-23(11-7-20)26(30)34-3/h4-15H,16-17H2,1-3H3. The maximum Gasteiger partial charge on any atom is 0.337 e. The average Bonchev–Trinajstić information content (AvgIpc) is 2.88. The fourth-order valence-corrected chi connectivity index (χ4v) is 4.79. The number of rotatable bonds is 9. The van der Waals surface area contributed by atoms with E-state index >= 15 is 0 Å². The third kappa shape index (κ3) is 6.20. The van der Waals surface area contributed by atoms with E-state index in [1.807, 2.05) is 0 Å². The first-order valence-electron chi connectivity index (χ1n) is 10.6. The Kier molecular flexibility index (Phi) is 8.16. The predicted octanol–water partition coefficient (Wildman–Crippen LogP) is 3.85. The highest BCUT2D eigenvalue weighted by Gasteiger charge is 2.25. The molecule has 0 aliphatic heterocycles. The number of methoxy groups -OCH3 is 2. The molecule has 0 N–H and O–H groups in total. The van der Waals surface area contributed by atoms with Crippen molar-refractivity contribution in [1.29, 1.82) is 0 Å². The largest absolute Gasteiger partial charge is 0.465 e. The predicted molar refractivity (Wildman–Crippen MR) is 128 cm³/mol. The zero-order valence-corrected chi connectivity index (χ0v) is 20.4. The molecule has 182 valence electrons. The summed E-state index contributed by atoms with van der Waals surface area (Å²) in [5.41, 5.74) is 2.43. The number of carbonyl (C=O) groups is 3. The molecule has 3 rings (SSSR count). The van der Waals surface area contributed by atoms with Crippen molar-refractivity contribution >= 4 is 27.7 Å². The molecule has 0 amide bonds. The molecule has 3 aromatic rings. The van der Waals surface area contributed by atoms with E-state index in [4.69, 9.17) is 9.47 Å². The molecule has 35 heavy (non-hydrogen) atoms. The van der Waals surface area contributed by atoms with Crippen LogP contribution >= 0.6 is 0 Å². The summed E-state index contributed by atoms with van der Waals surface area (Å²) in [5.74, 6) is -1.14. The van der Waals surface area contributed by atoms with E-state index in [2.05, 4.69) is 0 Å². The normalized spacial score (nSPS) is 11.2. The second-order valence-corrected chi connectivity index (χ2v) is 9.67. The second kappa shape index (κ2) is 11.1. The number of Topliss-reactive ketones (excluding diaryl/α,β-unsaturated/α-hetero) is 1. The summed E-state index contributed by atoms with van der Waals surface area (Å²) in [6.07, 6.45) is 0. The third-order valence-electron chi connectivity index (χ3n) is 5.37. The number of ketones is 1. The van der Waals surface area contributed by atoms with Crippen LogP contribution in [0.5, 0.6) is 0 Å². The Bertz CT molecular complexity index is 1250. The Hall–Kier alpha value is -3.82. The molecule has 0 radical (unpaired) electrons. The van der Waals surface area contributed by atoms with Gasteiger partial charge in [-0.2, -0.15) is 4.31 Å². The molecule has 0 aliphatic carbocycles. The highest BCUT2D eigenvalue weighted by Crippen LogP contribution is 2.23. The van der Waals surface area contributed by atoms with E-state index in [9.17, 15) is 22.8 Å². The van der Waals surface area contributed by atoms with Crippen LogP contribution in [0.3, 0.4) is 0 Å². The quantitative estimate of drug-likeness (QED) is 0.328. The number of sulfonamides is 1. The van der Waals surface area contributed by atoms with Crippen molar-refractivity contribution < 1.29 is 32.3 Å². The van der Waals surface area contributed by atoms with Crippen LogP contribution in [0, 0.1) is 0 Å². The summed E-state index contributed by atoms with van der Waals surface area (Å²) < 4.78 is 37.8. The first kappa shape index (κ1) is 25.8. The third-order valence-corrected chi connectivity index (χ3v) is 7.17. The first-order valence-corrected chi connectivity index (χ1v) is 12.1. The number of ether oxygens (including phenoxy) is 2. The topological polar surface area (TPSA) is 107 Å². The Morgan fingerprint density at radius 1 is 0.657 bits per heavy atom. The lowest BCUT2D eigenvalue weighted by atomic mass is 10.1. The summed E-state index contributed by atoms with van der Waals surface area (Å²) in [7, 11) is -1.39. The molecule has 0 saturated carbocycles. The number of esters is 2. The highest BCUT2D eigenvalue weighted by atomic mass is 32.2. The smallest absolute Gasteiger partial charge is 0.337 e. The van der Waals surface area contributed by atoms with Crippen LogP contribution in [0.4, 0.5) is 0 Å².